The molecule has 18 heavy (non-hydrogen) atoms. The molecule has 0 saturated carbocycles. The third-order valence-electron chi connectivity index (χ3n) is 3.19. The van der Waals surface area contributed by atoms with Crippen LogP contribution in [-0.2, 0) is 6.42 Å². The van der Waals surface area contributed by atoms with Crippen LogP contribution in [0.5, 0.6) is 0 Å². The van der Waals surface area contributed by atoms with E-state index in [4.69, 9.17) is 17.3 Å². The number of pyridine rings is 1. The molecular formula is C15H19ClN2. The summed E-state index contributed by atoms with van der Waals surface area (Å²) >= 11 is 6.22. The van der Waals surface area contributed by atoms with E-state index in [2.05, 4.69) is 31.0 Å². The molecule has 2 N–H and O–H groups in total. The van der Waals surface area contributed by atoms with Gasteiger partial charge in [0.05, 0.1) is 10.5 Å². The highest BCUT2D eigenvalue weighted by atomic mass is 35.5. The number of fused-ring (bicyclic) bond motifs is 1. The van der Waals surface area contributed by atoms with Crippen LogP contribution in [0.15, 0.2) is 24.3 Å². The van der Waals surface area contributed by atoms with Crippen molar-refractivity contribution in [1.82, 2.24) is 4.98 Å². The maximum absolute atomic E-state index is 6.22. The van der Waals surface area contributed by atoms with E-state index in [-0.39, 0.29) is 5.41 Å². The molecule has 2 nitrogen and oxygen atoms in total. The van der Waals surface area contributed by atoms with E-state index in [0.29, 0.717) is 6.54 Å². The SMILES string of the molecule is Cc1cc(Cl)c2ccc(CC(C)(C)CN)cc2n1. The summed E-state index contributed by atoms with van der Waals surface area (Å²) in [7, 11) is 0. The van der Waals surface area contributed by atoms with Gasteiger partial charge in [-0.1, -0.05) is 37.6 Å². The van der Waals surface area contributed by atoms with Crippen LogP contribution in [0.2, 0.25) is 5.02 Å². The quantitative estimate of drug-likeness (QED) is 0.916. The Morgan fingerprint density at radius 1 is 1.28 bits per heavy atom. The van der Waals surface area contributed by atoms with Gasteiger partial charge in [-0.05, 0) is 43.0 Å². The number of hydrogen-bond donors (Lipinski definition) is 1. The molecule has 3 heteroatoms. The van der Waals surface area contributed by atoms with Crippen molar-refractivity contribution in [2.75, 3.05) is 6.54 Å². The van der Waals surface area contributed by atoms with Gasteiger partial charge in [0.2, 0.25) is 0 Å². The lowest BCUT2D eigenvalue weighted by Crippen LogP contribution is -2.25. The molecule has 0 atom stereocenters. The Kier molecular flexibility index (Phi) is 3.60. The standard InChI is InChI=1S/C15H19ClN2/c1-10-6-13(16)12-5-4-11(7-14(12)18-10)8-15(2,3)9-17/h4-7H,8-9,17H2,1-3H3. The summed E-state index contributed by atoms with van der Waals surface area (Å²) in [6.07, 6.45) is 0.951. The molecule has 0 aliphatic carbocycles. The lowest BCUT2D eigenvalue weighted by Gasteiger charge is -2.22. The van der Waals surface area contributed by atoms with Crippen LogP contribution in [0.4, 0.5) is 0 Å². The summed E-state index contributed by atoms with van der Waals surface area (Å²) in [6.45, 7) is 6.98. The molecular weight excluding hydrogens is 244 g/mol. The fraction of sp³-hybridized carbons (Fsp3) is 0.400. The van der Waals surface area contributed by atoms with E-state index in [1.165, 1.54) is 5.56 Å². The highest BCUT2D eigenvalue weighted by Gasteiger charge is 2.16. The van der Waals surface area contributed by atoms with Gasteiger partial charge >= 0.3 is 0 Å². The maximum atomic E-state index is 6.22. The minimum absolute atomic E-state index is 0.112. The number of hydrogen-bond acceptors (Lipinski definition) is 2. The number of benzene rings is 1. The topological polar surface area (TPSA) is 38.9 Å². The second kappa shape index (κ2) is 4.87. The molecule has 1 aromatic heterocycles. The van der Waals surface area contributed by atoms with Gasteiger partial charge in [-0.15, -0.1) is 0 Å². The molecule has 0 bridgehead atoms. The molecule has 0 amide bonds. The van der Waals surface area contributed by atoms with Gasteiger partial charge in [0.1, 0.15) is 0 Å². The van der Waals surface area contributed by atoms with Crippen molar-refractivity contribution in [1.29, 1.82) is 0 Å². The average Bonchev–Trinajstić information content (AvgIpc) is 2.27. The first-order chi connectivity index (χ1) is 8.41. The Labute approximate surface area is 113 Å². The summed E-state index contributed by atoms with van der Waals surface area (Å²) in [5.74, 6) is 0. The van der Waals surface area contributed by atoms with Crippen LogP contribution in [0.1, 0.15) is 25.1 Å². The number of aromatic nitrogens is 1. The molecule has 2 aromatic rings. The molecule has 0 aliphatic rings. The van der Waals surface area contributed by atoms with Crippen LogP contribution in [-0.4, -0.2) is 11.5 Å². The highest BCUT2D eigenvalue weighted by Crippen LogP contribution is 2.26. The number of aryl methyl sites for hydroxylation is 1. The molecule has 2 rings (SSSR count). The summed E-state index contributed by atoms with van der Waals surface area (Å²) in [5.41, 5.74) is 9.06. The molecule has 0 spiro atoms. The lowest BCUT2D eigenvalue weighted by molar-refractivity contribution is 0.377. The summed E-state index contributed by atoms with van der Waals surface area (Å²) < 4.78 is 0. The Balaban J connectivity index is 2.44. The van der Waals surface area contributed by atoms with E-state index in [0.717, 1.165) is 28.0 Å². The van der Waals surface area contributed by atoms with Gasteiger partial charge in [-0.25, -0.2) is 0 Å². The number of rotatable bonds is 3. The van der Waals surface area contributed by atoms with Crippen molar-refractivity contribution in [3.8, 4) is 0 Å². The fourth-order valence-electron chi connectivity index (χ4n) is 2.09. The zero-order chi connectivity index (χ0) is 13.3. The van der Waals surface area contributed by atoms with E-state index in [9.17, 15) is 0 Å². The van der Waals surface area contributed by atoms with Gasteiger partial charge in [-0.2, -0.15) is 0 Å². The smallest absolute Gasteiger partial charge is 0.0722 e. The zero-order valence-electron chi connectivity index (χ0n) is 11.1. The van der Waals surface area contributed by atoms with E-state index >= 15 is 0 Å². The molecule has 0 unspecified atom stereocenters. The monoisotopic (exact) mass is 262 g/mol. The molecule has 0 aliphatic heterocycles. The van der Waals surface area contributed by atoms with Crippen LogP contribution < -0.4 is 5.73 Å². The third-order valence-corrected chi connectivity index (χ3v) is 3.50. The first-order valence-electron chi connectivity index (χ1n) is 6.17. The normalized spacial score (nSPS) is 12.1. The minimum Gasteiger partial charge on any atom is -0.330 e. The molecule has 96 valence electrons. The van der Waals surface area contributed by atoms with Gasteiger partial charge in [0.15, 0.2) is 0 Å². The van der Waals surface area contributed by atoms with Gasteiger partial charge in [0.25, 0.3) is 0 Å². The Morgan fingerprint density at radius 2 is 2.00 bits per heavy atom. The predicted molar refractivity (Wildman–Crippen MR) is 78.0 cm³/mol. The Morgan fingerprint density at radius 3 is 2.67 bits per heavy atom. The van der Waals surface area contributed by atoms with Crippen molar-refractivity contribution in [2.45, 2.75) is 27.2 Å². The molecule has 0 fully saturated rings. The maximum Gasteiger partial charge on any atom is 0.0722 e. The van der Waals surface area contributed by atoms with E-state index in [1.54, 1.807) is 0 Å². The Hall–Kier alpha value is -1.12. The van der Waals surface area contributed by atoms with Gasteiger partial charge < -0.3 is 5.73 Å². The van der Waals surface area contributed by atoms with Crippen molar-refractivity contribution >= 4 is 22.5 Å². The van der Waals surface area contributed by atoms with Crippen LogP contribution >= 0.6 is 11.6 Å². The first-order valence-corrected chi connectivity index (χ1v) is 6.55. The second-order valence-corrected chi connectivity index (χ2v) is 6.05. The van der Waals surface area contributed by atoms with Crippen LogP contribution in [0.25, 0.3) is 10.9 Å². The summed E-state index contributed by atoms with van der Waals surface area (Å²) in [4.78, 5) is 4.54. The van der Waals surface area contributed by atoms with Crippen LogP contribution in [0.3, 0.4) is 0 Å². The van der Waals surface area contributed by atoms with Crippen molar-refractivity contribution in [2.24, 2.45) is 11.1 Å². The Bertz CT molecular complexity index is 576. The first kappa shape index (κ1) is 13.3. The second-order valence-electron chi connectivity index (χ2n) is 5.64. The largest absolute Gasteiger partial charge is 0.330 e. The van der Waals surface area contributed by atoms with E-state index in [1.807, 2.05) is 19.1 Å². The fourth-order valence-corrected chi connectivity index (χ4v) is 2.41. The lowest BCUT2D eigenvalue weighted by atomic mass is 9.86. The highest BCUT2D eigenvalue weighted by molar-refractivity contribution is 6.35. The molecule has 0 saturated heterocycles. The summed E-state index contributed by atoms with van der Waals surface area (Å²) in [5, 5.41) is 1.78. The van der Waals surface area contributed by atoms with Crippen molar-refractivity contribution in [3.05, 3.63) is 40.5 Å². The number of nitrogens with two attached hydrogens (primary N) is 1. The number of halogens is 1. The minimum atomic E-state index is 0.112. The zero-order valence-corrected chi connectivity index (χ0v) is 11.9. The molecule has 0 radical (unpaired) electrons. The number of nitrogens with zero attached hydrogens (tertiary/aromatic N) is 1. The van der Waals surface area contributed by atoms with Crippen molar-refractivity contribution in [3.63, 3.8) is 0 Å². The average molecular weight is 263 g/mol. The molecule has 1 heterocycles. The van der Waals surface area contributed by atoms with Gasteiger partial charge in [-0.3, -0.25) is 4.98 Å². The third kappa shape index (κ3) is 2.82. The van der Waals surface area contributed by atoms with Crippen molar-refractivity contribution < 1.29 is 0 Å². The molecule has 1 aromatic carbocycles. The van der Waals surface area contributed by atoms with Gasteiger partial charge in [0, 0.05) is 11.1 Å². The predicted octanol–water partition coefficient (Wildman–Crippen LogP) is 3.72. The van der Waals surface area contributed by atoms with E-state index < -0.39 is 0 Å². The van der Waals surface area contributed by atoms with Crippen LogP contribution in [0, 0.1) is 12.3 Å². The summed E-state index contributed by atoms with van der Waals surface area (Å²) in [6, 6.07) is 8.17.